The minimum atomic E-state index is -0.834. The Kier molecular flexibility index (Phi) is 2.56. The summed E-state index contributed by atoms with van der Waals surface area (Å²) in [6.45, 7) is 1.68. The molecule has 0 radical (unpaired) electrons. The summed E-state index contributed by atoms with van der Waals surface area (Å²) in [5.74, 6) is -0.310. The number of hydrogen-bond acceptors (Lipinski definition) is 2. The summed E-state index contributed by atoms with van der Waals surface area (Å²) in [5.41, 5.74) is 1.72. The zero-order chi connectivity index (χ0) is 10.8. The van der Waals surface area contributed by atoms with Crippen molar-refractivity contribution in [2.45, 2.75) is 13.0 Å². The fraction of sp³-hybridized carbons (Fsp3) is 0.167. The van der Waals surface area contributed by atoms with E-state index < -0.39 is 6.10 Å². The first kappa shape index (κ1) is 9.93. The third-order valence-electron chi connectivity index (χ3n) is 2.37. The number of aliphatic hydroxyl groups is 1. The summed E-state index contributed by atoms with van der Waals surface area (Å²) in [6.07, 6.45) is 2.09. The van der Waals surface area contributed by atoms with E-state index in [1.807, 2.05) is 0 Å². The van der Waals surface area contributed by atoms with Crippen molar-refractivity contribution < 1.29 is 13.9 Å². The molecule has 2 nitrogen and oxygen atoms in total. The van der Waals surface area contributed by atoms with Crippen LogP contribution in [-0.2, 0) is 0 Å². The predicted octanol–water partition coefficient (Wildman–Crippen LogP) is 2.81. The molecular formula is C12H11FO2. The van der Waals surface area contributed by atoms with Crippen LogP contribution in [0.2, 0.25) is 0 Å². The second-order valence-electron chi connectivity index (χ2n) is 3.47. The topological polar surface area (TPSA) is 33.4 Å². The molecule has 1 atom stereocenters. The molecule has 0 aliphatic rings. The van der Waals surface area contributed by atoms with Crippen LogP contribution in [0.3, 0.4) is 0 Å². The highest BCUT2D eigenvalue weighted by Gasteiger charge is 2.12. The van der Waals surface area contributed by atoms with Crippen molar-refractivity contribution >= 4 is 0 Å². The summed E-state index contributed by atoms with van der Waals surface area (Å²) in [4.78, 5) is 0. The van der Waals surface area contributed by atoms with E-state index in [-0.39, 0.29) is 5.82 Å². The Morgan fingerprint density at radius 3 is 2.67 bits per heavy atom. The maximum absolute atomic E-state index is 13.2. The average molecular weight is 206 g/mol. The second kappa shape index (κ2) is 3.87. The highest BCUT2D eigenvalue weighted by molar-refractivity contribution is 5.30. The Bertz CT molecular complexity index is 449. The lowest BCUT2D eigenvalue weighted by Crippen LogP contribution is -1.99. The van der Waals surface area contributed by atoms with Crippen LogP contribution in [0.4, 0.5) is 4.39 Å². The minimum Gasteiger partial charge on any atom is -0.472 e. The van der Waals surface area contributed by atoms with Crippen molar-refractivity contribution in [2.75, 3.05) is 0 Å². The van der Waals surface area contributed by atoms with Gasteiger partial charge in [0.15, 0.2) is 0 Å². The zero-order valence-electron chi connectivity index (χ0n) is 8.27. The highest BCUT2D eigenvalue weighted by atomic mass is 19.1. The van der Waals surface area contributed by atoms with Gasteiger partial charge in [-0.25, -0.2) is 4.39 Å². The van der Waals surface area contributed by atoms with Gasteiger partial charge in [-0.3, -0.25) is 0 Å². The van der Waals surface area contributed by atoms with Crippen LogP contribution in [0.15, 0.2) is 41.2 Å². The largest absolute Gasteiger partial charge is 0.472 e. The van der Waals surface area contributed by atoms with Crippen LogP contribution < -0.4 is 0 Å². The smallest absolute Gasteiger partial charge is 0.126 e. The van der Waals surface area contributed by atoms with Gasteiger partial charge in [-0.2, -0.15) is 0 Å². The molecule has 2 rings (SSSR count). The standard InChI is InChI=1S/C12H11FO2/c1-8-2-3-9(6-11(8)13)12(14)10-4-5-15-7-10/h2-7,12,14H,1H3/t12-/m1/s1. The molecule has 0 aliphatic heterocycles. The van der Waals surface area contributed by atoms with Gasteiger partial charge in [0.05, 0.1) is 12.5 Å². The van der Waals surface area contributed by atoms with Crippen molar-refractivity contribution in [3.05, 3.63) is 59.3 Å². The number of rotatable bonds is 2. The molecule has 1 heterocycles. The van der Waals surface area contributed by atoms with Gasteiger partial charge in [0.2, 0.25) is 0 Å². The van der Waals surface area contributed by atoms with E-state index in [1.54, 1.807) is 25.1 Å². The normalized spacial score (nSPS) is 12.7. The molecule has 3 heteroatoms. The summed E-state index contributed by atoms with van der Waals surface area (Å²) in [7, 11) is 0. The molecule has 1 aromatic heterocycles. The molecular weight excluding hydrogens is 195 g/mol. The molecule has 2 aromatic rings. The van der Waals surface area contributed by atoms with Crippen molar-refractivity contribution in [1.82, 2.24) is 0 Å². The van der Waals surface area contributed by atoms with Gasteiger partial charge >= 0.3 is 0 Å². The first-order valence-corrected chi connectivity index (χ1v) is 4.64. The fourth-order valence-corrected chi connectivity index (χ4v) is 1.40. The zero-order valence-corrected chi connectivity index (χ0v) is 8.27. The van der Waals surface area contributed by atoms with Gasteiger partial charge in [0.25, 0.3) is 0 Å². The number of aliphatic hydroxyl groups excluding tert-OH is 1. The number of benzene rings is 1. The van der Waals surface area contributed by atoms with Crippen LogP contribution in [0.1, 0.15) is 22.8 Å². The highest BCUT2D eigenvalue weighted by Crippen LogP contribution is 2.23. The van der Waals surface area contributed by atoms with Crippen molar-refractivity contribution in [1.29, 1.82) is 0 Å². The minimum absolute atomic E-state index is 0.310. The number of aryl methyl sites for hydroxylation is 1. The molecule has 78 valence electrons. The van der Waals surface area contributed by atoms with Crippen LogP contribution >= 0.6 is 0 Å². The molecule has 0 spiro atoms. The molecule has 0 amide bonds. The lowest BCUT2D eigenvalue weighted by Gasteiger charge is -2.09. The van der Waals surface area contributed by atoms with E-state index >= 15 is 0 Å². The molecule has 1 N–H and O–H groups in total. The van der Waals surface area contributed by atoms with E-state index in [2.05, 4.69) is 0 Å². The summed E-state index contributed by atoms with van der Waals surface area (Å²) >= 11 is 0. The molecule has 0 fully saturated rings. The third-order valence-corrected chi connectivity index (χ3v) is 2.37. The Morgan fingerprint density at radius 2 is 2.07 bits per heavy atom. The molecule has 1 aromatic carbocycles. The van der Waals surface area contributed by atoms with E-state index in [4.69, 9.17) is 4.42 Å². The molecule has 15 heavy (non-hydrogen) atoms. The SMILES string of the molecule is Cc1ccc([C@@H](O)c2ccoc2)cc1F. The number of furan rings is 1. The van der Waals surface area contributed by atoms with E-state index in [0.717, 1.165) is 0 Å². The van der Waals surface area contributed by atoms with E-state index in [9.17, 15) is 9.50 Å². The van der Waals surface area contributed by atoms with Crippen molar-refractivity contribution in [3.8, 4) is 0 Å². The molecule has 0 bridgehead atoms. The summed E-state index contributed by atoms with van der Waals surface area (Å²) in [6, 6.07) is 6.35. The van der Waals surface area contributed by atoms with E-state index in [0.29, 0.717) is 16.7 Å². The van der Waals surface area contributed by atoms with Crippen molar-refractivity contribution in [2.24, 2.45) is 0 Å². The van der Waals surface area contributed by atoms with Gasteiger partial charge in [0, 0.05) is 5.56 Å². The van der Waals surface area contributed by atoms with Crippen molar-refractivity contribution in [3.63, 3.8) is 0 Å². The lowest BCUT2D eigenvalue weighted by molar-refractivity contribution is 0.218. The first-order chi connectivity index (χ1) is 7.18. The van der Waals surface area contributed by atoms with Crippen LogP contribution in [0.25, 0.3) is 0 Å². The number of halogens is 1. The Balaban J connectivity index is 2.34. The Morgan fingerprint density at radius 1 is 1.27 bits per heavy atom. The maximum Gasteiger partial charge on any atom is 0.126 e. The predicted molar refractivity (Wildman–Crippen MR) is 53.9 cm³/mol. The average Bonchev–Trinajstić information content (AvgIpc) is 2.74. The Labute approximate surface area is 87.0 Å². The molecule has 0 unspecified atom stereocenters. The maximum atomic E-state index is 13.2. The van der Waals surface area contributed by atoms with Crippen LogP contribution in [0.5, 0.6) is 0 Å². The van der Waals surface area contributed by atoms with Gasteiger partial charge in [-0.05, 0) is 30.2 Å². The van der Waals surface area contributed by atoms with Crippen LogP contribution in [0, 0.1) is 12.7 Å². The lowest BCUT2D eigenvalue weighted by atomic mass is 10.0. The van der Waals surface area contributed by atoms with Gasteiger partial charge in [0.1, 0.15) is 11.9 Å². The fourth-order valence-electron chi connectivity index (χ4n) is 1.40. The molecule has 0 saturated carbocycles. The number of hydrogen-bond donors (Lipinski definition) is 1. The molecule has 0 saturated heterocycles. The monoisotopic (exact) mass is 206 g/mol. The molecule has 0 aliphatic carbocycles. The van der Waals surface area contributed by atoms with E-state index in [1.165, 1.54) is 18.6 Å². The third kappa shape index (κ3) is 1.92. The van der Waals surface area contributed by atoms with Gasteiger partial charge < -0.3 is 9.52 Å². The second-order valence-corrected chi connectivity index (χ2v) is 3.47. The van der Waals surface area contributed by atoms with Crippen LogP contribution in [-0.4, -0.2) is 5.11 Å². The summed E-state index contributed by atoms with van der Waals surface area (Å²) < 4.78 is 18.1. The Hall–Kier alpha value is -1.61. The van der Waals surface area contributed by atoms with Gasteiger partial charge in [-0.15, -0.1) is 0 Å². The first-order valence-electron chi connectivity index (χ1n) is 4.64. The summed E-state index contributed by atoms with van der Waals surface area (Å²) in [5, 5.41) is 9.87. The van der Waals surface area contributed by atoms with Gasteiger partial charge in [-0.1, -0.05) is 12.1 Å². The quantitative estimate of drug-likeness (QED) is 0.819.